The first-order chi connectivity index (χ1) is 27.0. The molecule has 0 aliphatic rings. The van der Waals surface area contributed by atoms with Crippen LogP contribution in [0.15, 0.2) is 150 Å². The number of hydrogen-bond donors (Lipinski definition) is 0. The Bertz CT molecular complexity index is 3310. The molecule has 0 radical (unpaired) electrons. The van der Waals surface area contributed by atoms with Gasteiger partial charge in [0, 0.05) is 10.8 Å². The zero-order chi connectivity index (χ0) is 40.8. The molecule has 0 spiro atoms. The van der Waals surface area contributed by atoms with Gasteiger partial charge in [0.1, 0.15) is 11.2 Å². The van der Waals surface area contributed by atoms with E-state index >= 15 is 0 Å². The largest absolute Gasteiger partial charge is 0.456 e. The van der Waals surface area contributed by atoms with Crippen LogP contribution in [0.5, 0.6) is 0 Å². The molecule has 0 aliphatic carbocycles. The van der Waals surface area contributed by atoms with Gasteiger partial charge in [-0.1, -0.05) is 121 Å². The number of fused-ring (bicyclic) bond motifs is 8. The second-order valence-corrected chi connectivity index (χ2v) is 9.60. The predicted molar refractivity (Wildman–Crippen MR) is 175 cm³/mol. The van der Waals surface area contributed by atoms with Crippen LogP contribution in [0.25, 0.3) is 87.3 Å². The zero-order valence-corrected chi connectivity index (χ0v) is 21.0. The first-order valence-corrected chi connectivity index (χ1v) is 12.8. The van der Waals surface area contributed by atoms with Crippen LogP contribution in [-0.2, 0) is 0 Å². The minimum Gasteiger partial charge on any atom is -0.456 e. The van der Waals surface area contributed by atoms with E-state index < -0.39 is 90.6 Å². The number of furan rings is 1. The number of benzene rings is 8. The molecule has 1 heterocycles. The average Bonchev–Trinajstić information content (AvgIpc) is 3.62. The maximum atomic E-state index is 9.68. The highest BCUT2D eigenvalue weighted by molar-refractivity contribution is 6.26. The van der Waals surface area contributed by atoms with E-state index in [1.165, 1.54) is 0 Å². The summed E-state index contributed by atoms with van der Waals surface area (Å²) in [7, 11) is 0. The lowest BCUT2D eigenvalue weighted by molar-refractivity contribution is 0.669. The van der Waals surface area contributed by atoms with Gasteiger partial charge in [0.25, 0.3) is 0 Å². The van der Waals surface area contributed by atoms with Crippen molar-refractivity contribution >= 4 is 65.0 Å². The summed E-state index contributed by atoms with van der Waals surface area (Å²) in [6, 6.07) is 5.18. The summed E-state index contributed by atoms with van der Waals surface area (Å²) in [4.78, 5) is 0. The van der Waals surface area contributed by atoms with Crippen LogP contribution in [-0.4, -0.2) is 0 Å². The van der Waals surface area contributed by atoms with Crippen molar-refractivity contribution in [3.05, 3.63) is 145 Å². The molecule has 0 saturated heterocycles. The fourth-order valence-electron chi connectivity index (χ4n) is 5.75. The number of rotatable bonds is 2. The van der Waals surface area contributed by atoms with Crippen LogP contribution >= 0.6 is 0 Å². The van der Waals surface area contributed by atoms with Gasteiger partial charge in [-0.25, -0.2) is 0 Å². The van der Waals surface area contributed by atoms with Crippen molar-refractivity contribution in [2.75, 3.05) is 0 Å². The maximum Gasteiger partial charge on any atom is 0.135 e. The lowest BCUT2D eigenvalue weighted by Crippen LogP contribution is -1.92. The third kappa shape index (κ3) is 3.24. The summed E-state index contributed by atoms with van der Waals surface area (Å²) in [5, 5.41) is 0.586. The van der Waals surface area contributed by atoms with Crippen molar-refractivity contribution in [1.29, 1.82) is 0 Å². The molecule has 41 heavy (non-hydrogen) atoms. The lowest BCUT2D eigenvalue weighted by atomic mass is 9.83. The van der Waals surface area contributed by atoms with E-state index in [2.05, 4.69) is 0 Å². The molecule has 0 atom stereocenters. The molecule has 0 unspecified atom stereocenters. The Hall–Kier alpha value is -5.40. The van der Waals surface area contributed by atoms with Gasteiger partial charge in [-0.05, 0) is 89.5 Å². The molecule has 8 aromatic carbocycles. The molecule has 1 heteroatoms. The SMILES string of the molecule is [2H]c1c([2H])c([2H])c2c(oc3c([2H])c([2H])c(-c4c5ccccc5c(-c5c([2H])c6c([2H])c([2H])c([2H])c([2H])c6c6c([2H])c([2H])c([2H])c([2H])c56)c5ccccc45)c([2H])c32)c1[2H]. The number of hydrogen-bond acceptors (Lipinski definition) is 1. The van der Waals surface area contributed by atoms with Crippen LogP contribution < -0.4 is 0 Å². The predicted octanol–water partition coefficient (Wildman–Crippen LogP) is 11.5. The molecule has 0 saturated carbocycles. The molecule has 9 rings (SSSR count). The van der Waals surface area contributed by atoms with Gasteiger partial charge in [-0.3, -0.25) is 0 Å². The van der Waals surface area contributed by atoms with Crippen molar-refractivity contribution in [2.45, 2.75) is 0 Å². The molecule has 0 bridgehead atoms. The van der Waals surface area contributed by atoms with Crippen LogP contribution in [0.3, 0.4) is 0 Å². The van der Waals surface area contributed by atoms with E-state index in [1.807, 2.05) is 0 Å². The van der Waals surface area contributed by atoms with Gasteiger partial charge < -0.3 is 4.42 Å². The lowest BCUT2D eigenvalue weighted by Gasteiger charge is -2.19. The zero-order valence-electron chi connectivity index (χ0n) is 37.0. The minimum atomic E-state index is -0.627. The Labute approximate surface area is 259 Å². The second-order valence-electron chi connectivity index (χ2n) is 9.60. The molecule has 1 aromatic heterocycles. The van der Waals surface area contributed by atoms with Gasteiger partial charge in [0.05, 0.1) is 21.9 Å². The van der Waals surface area contributed by atoms with Gasteiger partial charge >= 0.3 is 0 Å². The second kappa shape index (κ2) is 8.55. The fourth-order valence-corrected chi connectivity index (χ4v) is 5.75. The van der Waals surface area contributed by atoms with Crippen molar-refractivity contribution in [3.63, 3.8) is 0 Å². The maximum absolute atomic E-state index is 9.68. The normalized spacial score (nSPS) is 17.4. The molecule has 0 fully saturated rings. The Balaban J connectivity index is 1.54. The Kier molecular flexibility index (Phi) is 2.50. The van der Waals surface area contributed by atoms with Gasteiger partial charge in [0.15, 0.2) is 0 Å². The topological polar surface area (TPSA) is 13.1 Å². The monoisotopic (exact) mass is 536 g/mol. The molecule has 9 aromatic rings. The van der Waals surface area contributed by atoms with Crippen LogP contribution in [0.1, 0.15) is 21.9 Å². The van der Waals surface area contributed by atoms with Crippen molar-refractivity contribution < 1.29 is 26.3 Å². The first kappa shape index (κ1) is 12.0. The summed E-state index contributed by atoms with van der Waals surface area (Å²) < 4.78 is 147. The van der Waals surface area contributed by atoms with E-state index in [4.69, 9.17) is 22.2 Å². The molecular weight excluding hydrogens is 496 g/mol. The van der Waals surface area contributed by atoms with Crippen molar-refractivity contribution in [3.8, 4) is 22.3 Å². The highest BCUT2D eigenvalue weighted by atomic mass is 16.3. The van der Waals surface area contributed by atoms with E-state index in [1.54, 1.807) is 48.5 Å². The molecule has 1 nitrogen and oxygen atoms in total. The summed E-state index contributed by atoms with van der Waals surface area (Å²) in [5.74, 6) is 0. The Morgan fingerprint density at radius 3 is 1.71 bits per heavy atom. The van der Waals surface area contributed by atoms with Crippen LogP contribution in [0, 0.1) is 0 Å². The average molecular weight is 537 g/mol. The third-order valence-electron chi connectivity index (χ3n) is 7.44. The smallest absolute Gasteiger partial charge is 0.135 e. The van der Waals surface area contributed by atoms with E-state index in [-0.39, 0.29) is 66.2 Å². The molecular formula is C40H24O. The van der Waals surface area contributed by atoms with E-state index in [0.29, 0.717) is 27.1 Å². The highest BCUT2D eigenvalue weighted by Crippen LogP contribution is 2.47. The Morgan fingerprint density at radius 1 is 0.415 bits per heavy atom. The van der Waals surface area contributed by atoms with Crippen molar-refractivity contribution in [1.82, 2.24) is 0 Å². The van der Waals surface area contributed by atoms with E-state index in [9.17, 15) is 4.11 Å². The molecule has 0 amide bonds. The van der Waals surface area contributed by atoms with E-state index in [0.717, 1.165) is 0 Å². The summed E-state index contributed by atoms with van der Waals surface area (Å²) in [5.41, 5.74) is -0.000887. The number of para-hydroxylation sites is 1. The van der Waals surface area contributed by atoms with Gasteiger partial charge in [0.2, 0.25) is 0 Å². The quantitative estimate of drug-likeness (QED) is 0.158. The molecule has 0 N–H and O–H groups in total. The molecule has 0 aliphatic heterocycles. The molecule has 190 valence electrons. The summed E-state index contributed by atoms with van der Waals surface area (Å²) in [6.07, 6.45) is 0. The van der Waals surface area contributed by atoms with Crippen LogP contribution in [0.2, 0.25) is 0 Å². The van der Waals surface area contributed by atoms with Gasteiger partial charge in [-0.15, -0.1) is 0 Å². The Morgan fingerprint density at radius 2 is 0.976 bits per heavy atom. The minimum absolute atomic E-state index is 0.0286. The highest BCUT2D eigenvalue weighted by Gasteiger charge is 2.19. The fraction of sp³-hybridized carbons (Fsp3) is 0. The standard InChI is InChI=1S/C40H24O/c1-2-12-27-25(11-1)23-36(29-14-4-3-13-28(27)29)40-33-18-7-5-16-31(33)39(32-17-6-8-19-34(32)40)26-21-22-38-35(24-26)30-15-9-10-20-37(30)41-38/h1-24H/i1D,2D,3D,4D,9D,10D,11D,12D,13D,14D,15D,20D,21D,22D,23D,24D. The summed E-state index contributed by atoms with van der Waals surface area (Å²) >= 11 is 0. The van der Waals surface area contributed by atoms with Gasteiger partial charge in [-0.2, -0.15) is 0 Å². The first-order valence-electron chi connectivity index (χ1n) is 20.8. The summed E-state index contributed by atoms with van der Waals surface area (Å²) in [6.45, 7) is 0. The van der Waals surface area contributed by atoms with Crippen LogP contribution in [0.4, 0.5) is 0 Å². The third-order valence-corrected chi connectivity index (χ3v) is 7.44. The van der Waals surface area contributed by atoms with Crippen molar-refractivity contribution in [2.24, 2.45) is 0 Å².